The molecule has 8 heteroatoms. The number of guanidine groups is 1. The molecule has 0 aromatic heterocycles. The van der Waals surface area contributed by atoms with Crippen molar-refractivity contribution < 1.29 is 9.47 Å². The molecule has 1 heterocycles. The van der Waals surface area contributed by atoms with Crippen LogP contribution in [0.15, 0.2) is 23.2 Å². The monoisotopic (exact) mass is 529 g/mol. The normalized spacial score (nSPS) is 15.3. The van der Waals surface area contributed by atoms with Gasteiger partial charge in [-0.3, -0.25) is 4.99 Å². The standard InChI is InChI=1S/C19H29Cl2N3O2.HI/c1-22-19(24(2)13-16-4-5-17(20)18(21)12-16)23-8-3-9-26-14-15-6-10-25-11-7-15;/h4-5,12,15H,3,6-11,13-14H2,1-2H3,(H,22,23);1H. The van der Waals surface area contributed by atoms with Crippen LogP contribution in [0.1, 0.15) is 24.8 Å². The van der Waals surface area contributed by atoms with E-state index in [1.165, 1.54) is 0 Å². The van der Waals surface area contributed by atoms with E-state index in [0.717, 1.165) is 63.8 Å². The van der Waals surface area contributed by atoms with Crippen LogP contribution >= 0.6 is 47.2 Å². The van der Waals surface area contributed by atoms with Crippen LogP contribution in [0.25, 0.3) is 0 Å². The van der Waals surface area contributed by atoms with E-state index in [1.807, 2.05) is 25.2 Å². The molecule has 2 rings (SSSR count). The van der Waals surface area contributed by atoms with Gasteiger partial charge in [-0.05, 0) is 42.9 Å². The average molecular weight is 530 g/mol. The van der Waals surface area contributed by atoms with E-state index in [9.17, 15) is 0 Å². The quantitative estimate of drug-likeness (QED) is 0.234. The molecule has 154 valence electrons. The molecule has 0 unspecified atom stereocenters. The summed E-state index contributed by atoms with van der Waals surface area (Å²) in [6, 6.07) is 5.68. The fourth-order valence-electron chi connectivity index (χ4n) is 2.91. The molecule has 1 fully saturated rings. The summed E-state index contributed by atoms with van der Waals surface area (Å²) in [6.45, 7) is 4.88. The van der Waals surface area contributed by atoms with Crippen LogP contribution in [0, 0.1) is 5.92 Å². The zero-order chi connectivity index (χ0) is 18.8. The molecule has 27 heavy (non-hydrogen) atoms. The van der Waals surface area contributed by atoms with Crippen molar-refractivity contribution in [1.29, 1.82) is 0 Å². The fraction of sp³-hybridized carbons (Fsp3) is 0.632. The van der Waals surface area contributed by atoms with Crippen LogP contribution in [0.3, 0.4) is 0 Å². The van der Waals surface area contributed by atoms with Crippen molar-refractivity contribution in [3.05, 3.63) is 33.8 Å². The molecule has 0 atom stereocenters. The summed E-state index contributed by atoms with van der Waals surface area (Å²) >= 11 is 12.0. The van der Waals surface area contributed by atoms with Crippen LogP contribution in [0.5, 0.6) is 0 Å². The van der Waals surface area contributed by atoms with Gasteiger partial charge in [0.1, 0.15) is 0 Å². The summed E-state index contributed by atoms with van der Waals surface area (Å²) in [5.41, 5.74) is 1.09. The van der Waals surface area contributed by atoms with Gasteiger partial charge in [-0.2, -0.15) is 0 Å². The number of rotatable bonds is 8. The maximum atomic E-state index is 6.08. The van der Waals surface area contributed by atoms with Gasteiger partial charge in [0.2, 0.25) is 0 Å². The zero-order valence-electron chi connectivity index (χ0n) is 16.0. The molecule has 0 radical (unpaired) electrons. The Morgan fingerprint density at radius 2 is 2.04 bits per heavy atom. The van der Waals surface area contributed by atoms with Crippen molar-refractivity contribution in [2.45, 2.75) is 25.8 Å². The van der Waals surface area contributed by atoms with E-state index in [0.29, 0.717) is 22.5 Å². The summed E-state index contributed by atoms with van der Waals surface area (Å²) in [5.74, 6) is 1.50. The highest BCUT2D eigenvalue weighted by Gasteiger charge is 2.13. The predicted molar refractivity (Wildman–Crippen MR) is 124 cm³/mol. The zero-order valence-corrected chi connectivity index (χ0v) is 19.9. The van der Waals surface area contributed by atoms with Gasteiger partial charge in [0, 0.05) is 53.6 Å². The molecule has 1 aromatic rings. The van der Waals surface area contributed by atoms with Gasteiger partial charge in [-0.15, -0.1) is 24.0 Å². The van der Waals surface area contributed by atoms with Crippen LogP contribution in [-0.4, -0.2) is 57.9 Å². The van der Waals surface area contributed by atoms with Gasteiger partial charge in [0.25, 0.3) is 0 Å². The lowest BCUT2D eigenvalue weighted by molar-refractivity contribution is 0.0203. The molecule has 1 aliphatic rings. The molecule has 0 bridgehead atoms. The molecule has 1 aromatic carbocycles. The van der Waals surface area contributed by atoms with Gasteiger partial charge >= 0.3 is 0 Å². The first-order valence-electron chi connectivity index (χ1n) is 9.11. The van der Waals surface area contributed by atoms with E-state index in [4.69, 9.17) is 32.7 Å². The lowest BCUT2D eigenvalue weighted by Gasteiger charge is -2.23. The van der Waals surface area contributed by atoms with Gasteiger partial charge in [0.15, 0.2) is 5.96 Å². The van der Waals surface area contributed by atoms with E-state index in [1.54, 1.807) is 7.05 Å². The molecule has 1 aliphatic heterocycles. The second-order valence-corrected chi connectivity index (χ2v) is 7.38. The number of nitrogens with zero attached hydrogens (tertiary/aromatic N) is 2. The number of ether oxygens (including phenoxy) is 2. The lowest BCUT2D eigenvalue weighted by Crippen LogP contribution is -2.39. The Bertz CT molecular complexity index is 584. The number of aliphatic imine (C=N–C) groups is 1. The minimum Gasteiger partial charge on any atom is -0.381 e. The van der Waals surface area contributed by atoms with Crippen LogP contribution in [0.2, 0.25) is 10.0 Å². The SMILES string of the molecule is CN=C(NCCCOCC1CCOCC1)N(C)Cc1ccc(Cl)c(Cl)c1.I. The summed E-state index contributed by atoms with van der Waals surface area (Å²) in [5, 5.41) is 4.51. The molecular formula is C19H30Cl2IN3O2. The minimum absolute atomic E-state index is 0. The Kier molecular flexibility index (Phi) is 12.7. The second-order valence-electron chi connectivity index (χ2n) is 6.56. The first-order valence-corrected chi connectivity index (χ1v) is 9.87. The maximum Gasteiger partial charge on any atom is 0.193 e. The third-order valence-corrected chi connectivity index (χ3v) is 5.16. The van der Waals surface area contributed by atoms with Crippen molar-refractivity contribution in [3.63, 3.8) is 0 Å². The average Bonchev–Trinajstić information content (AvgIpc) is 2.65. The third-order valence-electron chi connectivity index (χ3n) is 4.42. The van der Waals surface area contributed by atoms with Gasteiger partial charge in [-0.25, -0.2) is 0 Å². The third kappa shape index (κ3) is 9.17. The maximum absolute atomic E-state index is 6.08. The molecule has 0 spiro atoms. The highest BCUT2D eigenvalue weighted by Crippen LogP contribution is 2.23. The molecule has 1 saturated heterocycles. The number of nitrogens with one attached hydrogen (secondary N) is 1. The van der Waals surface area contributed by atoms with Crippen molar-refractivity contribution >= 4 is 53.1 Å². The first kappa shape index (κ1) is 24.8. The molecular weight excluding hydrogens is 500 g/mol. The summed E-state index contributed by atoms with van der Waals surface area (Å²) < 4.78 is 11.2. The topological polar surface area (TPSA) is 46.1 Å². The minimum atomic E-state index is 0. The van der Waals surface area contributed by atoms with Gasteiger partial charge in [0.05, 0.1) is 10.0 Å². The van der Waals surface area contributed by atoms with E-state index in [-0.39, 0.29) is 24.0 Å². The number of halogens is 3. The van der Waals surface area contributed by atoms with Crippen LogP contribution < -0.4 is 5.32 Å². The molecule has 0 saturated carbocycles. The second kappa shape index (κ2) is 13.8. The first-order chi connectivity index (χ1) is 12.6. The van der Waals surface area contributed by atoms with Gasteiger partial charge < -0.3 is 19.7 Å². The molecule has 0 aliphatic carbocycles. The van der Waals surface area contributed by atoms with E-state index < -0.39 is 0 Å². The summed E-state index contributed by atoms with van der Waals surface area (Å²) in [6.07, 6.45) is 3.18. The molecule has 1 N–H and O–H groups in total. The van der Waals surface area contributed by atoms with Gasteiger partial charge in [-0.1, -0.05) is 29.3 Å². The lowest BCUT2D eigenvalue weighted by atomic mass is 10.0. The molecule has 5 nitrogen and oxygen atoms in total. The van der Waals surface area contributed by atoms with Crippen molar-refractivity contribution in [1.82, 2.24) is 10.2 Å². The van der Waals surface area contributed by atoms with E-state index >= 15 is 0 Å². The largest absolute Gasteiger partial charge is 0.381 e. The highest BCUT2D eigenvalue weighted by atomic mass is 127. The summed E-state index contributed by atoms with van der Waals surface area (Å²) in [4.78, 5) is 6.39. The Morgan fingerprint density at radius 3 is 2.70 bits per heavy atom. The fourth-order valence-corrected chi connectivity index (χ4v) is 3.23. The predicted octanol–water partition coefficient (Wildman–Crippen LogP) is 4.45. The van der Waals surface area contributed by atoms with Crippen LogP contribution in [0.4, 0.5) is 0 Å². The summed E-state index contributed by atoms with van der Waals surface area (Å²) in [7, 11) is 3.79. The Labute approximate surface area is 189 Å². The molecule has 0 amide bonds. The smallest absolute Gasteiger partial charge is 0.193 e. The van der Waals surface area contributed by atoms with Crippen molar-refractivity contribution in [3.8, 4) is 0 Å². The Morgan fingerprint density at radius 1 is 1.30 bits per heavy atom. The Hall–Kier alpha value is -0.280. The van der Waals surface area contributed by atoms with Crippen molar-refractivity contribution in [2.75, 3.05) is 47.1 Å². The Balaban J connectivity index is 0.00000364. The van der Waals surface area contributed by atoms with E-state index in [2.05, 4.69) is 15.2 Å². The number of hydrogen-bond acceptors (Lipinski definition) is 3. The highest BCUT2D eigenvalue weighted by molar-refractivity contribution is 14.0. The van der Waals surface area contributed by atoms with Crippen LogP contribution in [-0.2, 0) is 16.0 Å². The van der Waals surface area contributed by atoms with Crippen molar-refractivity contribution in [2.24, 2.45) is 10.9 Å². The number of benzene rings is 1. The number of hydrogen-bond donors (Lipinski definition) is 1.